The summed E-state index contributed by atoms with van der Waals surface area (Å²) < 4.78 is 47.7. The molecular formula is C44H61ClN6O22. The maximum atomic E-state index is 13.8. The number of nitrogens with zero attached hydrogens (tertiary/aromatic N) is 6. The van der Waals surface area contributed by atoms with Crippen LogP contribution in [-0.2, 0) is 54.4 Å². The molecule has 0 aromatic heterocycles. The van der Waals surface area contributed by atoms with Gasteiger partial charge in [-0.05, 0) is 113 Å². The number of rotatable bonds is 32. The van der Waals surface area contributed by atoms with Crippen molar-refractivity contribution in [1.29, 1.82) is 0 Å². The lowest BCUT2D eigenvalue weighted by Crippen LogP contribution is -2.60. The SMILES string of the molecule is COCCCN1CCOc2ccc(COC3CN(C(=O)OCCCCC(CO[N+](=O)[O-])O[N+](=O)[O-])CC(OC(=O)OCCCCC(CO[N+](=O)[O-])O[N+](=O)[O-])C3OC3CCC(Oc4ccc(Cl)cc4)CC3)cc21. The molecule has 5 rings (SSSR count). The number of hydrogen-bond acceptors (Lipinski definition) is 23. The van der Waals surface area contributed by atoms with Crippen molar-refractivity contribution in [2.45, 2.75) is 120 Å². The maximum Gasteiger partial charge on any atom is 0.508 e. The van der Waals surface area contributed by atoms with Crippen LogP contribution < -0.4 is 14.4 Å². The molecule has 2 aromatic carbocycles. The number of anilines is 1. The van der Waals surface area contributed by atoms with E-state index in [1.54, 1.807) is 31.4 Å². The molecule has 1 aliphatic carbocycles. The van der Waals surface area contributed by atoms with Gasteiger partial charge in [-0.2, -0.15) is 0 Å². The molecule has 73 heavy (non-hydrogen) atoms. The Morgan fingerprint density at radius 3 is 1.99 bits per heavy atom. The minimum Gasteiger partial charge on any atom is -0.490 e. The monoisotopic (exact) mass is 1060 g/mol. The number of methoxy groups -OCH3 is 1. The molecule has 29 heteroatoms. The van der Waals surface area contributed by atoms with Crippen LogP contribution in [0.3, 0.4) is 0 Å². The molecule has 2 aliphatic heterocycles. The van der Waals surface area contributed by atoms with Gasteiger partial charge in [0.05, 0.1) is 57.4 Å². The topological polar surface area (TPSA) is 324 Å². The molecular weight excluding hydrogens is 1000 g/mol. The summed E-state index contributed by atoms with van der Waals surface area (Å²) in [6, 6.07) is 12.7. The number of carbonyl (C=O) groups is 2. The normalized spacial score (nSPS) is 20.2. The van der Waals surface area contributed by atoms with Crippen LogP contribution >= 0.6 is 11.6 Å². The number of amides is 1. The van der Waals surface area contributed by atoms with Crippen molar-refractivity contribution >= 4 is 29.5 Å². The van der Waals surface area contributed by atoms with Gasteiger partial charge in [-0.15, -0.1) is 40.5 Å². The first-order valence-corrected chi connectivity index (χ1v) is 24.1. The maximum absolute atomic E-state index is 13.8. The zero-order valence-corrected chi connectivity index (χ0v) is 40.9. The summed E-state index contributed by atoms with van der Waals surface area (Å²) >= 11 is 6.07. The van der Waals surface area contributed by atoms with E-state index in [2.05, 4.69) is 24.3 Å². The second-order valence-electron chi connectivity index (χ2n) is 17.1. The number of halogens is 1. The first-order chi connectivity index (χ1) is 35.1. The average Bonchev–Trinajstić information content (AvgIpc) is 3.35. The van der Waals surface area contributed by atoms with E-state index < -0.39 is 76.3 Å². The second kappa shape index (κ2) is 30.4. The van der Waals surface area contributed by atoms with E-state index in [0.717, 1.165) is 24.2 Å². The summed E-state index contributed by atoms with van der Waals surface area (Å²) in [5.41, 5.74) is 1.65. The zero-order valence-electron chi connectivity index (χ0n) is 40.2. The Bertz CT molecular complexity index is 2070. The highest BCUT2D eigenvalue weighted by Crippen LogP contribution is 2.35. The van der Waals surface area contributed by atoms with Crippen molar-refractivity contribution in [3.8, 4) is 11.5 Å². The second-order valence-corrected chi connectivity index (χ2v) is 17.5. The molecule has 5 unspecified atom stereocenters. The van der Waals surface area contributed by atoms with Crippen LogP contribution in [-0.4, -0.2) is 153 Å². The first-order valence-electron chi connectivity index (χ1n) is 23.8. The standard InChI is InChI=1S/C44H61ClN6O22/c1-62-21-6-19-46-20-24-63-39-18-9-31(25-38(39)46)28-66-40-26-47(43(52)64-22-4-2-7-36(72-50(58)59)29-67-48(54)55)27-41(71-44(53)65-23-5-3-8-37(73-51(60)61)30-68-49(56)57)42(40)70-35-16-14-34(15-17-35)69-33-12-10-32(45)11-13-33/h9-13,18,25,34-37,40-42H,2-8,14-17,19-24,26-30H2,1H3. The summed E-state index contributed by atoms with van der Waals surface area (Å²) in [5.74, 6) is 1.38. The van der Waals surface area contributed by atoms with Crippen LogP contribution in [0.4, 0.5) is 15.3 Å². The predicted molar refractivity (Wildman–Crippen MR) is 249 cm³/mol. The molecule has 2 fully saturated rings. The van der Waals surface area contributed by atoms with Gasteiger partial charge >= 0.3 is 12.2 Å². The number of unbranched alkanes of at least 4 members (excludes halogenated alkanes) is 2. The summed E-state index contributed by atoms with van der Waals surface area (Å²) in [5, 5.41) is 39.3. The highest BCUT2D eigenvalue weighted by atomic mass is 35.5. The molecule has 0 radical (unpaired) electrons. The third kappa shape index (κ3) is 20.8. The largest absolute Gasteiger partial charge is 0.508 e. The molecule has 0 spiro atoms. The third-order valence-corrected chi connectivity index (χ3v) is 12.1. The highest BCUT2D eigenvalue weighted by Gasteiger charge is 2.45. The van der Waals surface area contributed by atoms with Gasteiger partial charge in [0.25, 0.3) is 20.3 Å². The van der Waals surface area contributed by atoms with Gasteiger partial charge in [0, 0.05) is 25.3 Å². The van der Waals surface area contributed by atoms with Gasteiger partial charge in [0.2, 0.25) is 0 Å². The van der Waals surface area contributed by atoms with Crippen LogP contribution in [0.1, 0.15) is 76.2 Å². The van der Waals surface area contributed by atoms with E-state index in [4.69, 9.17) is 49.5 Å². The number of benzene rings is 2. The Morgan fingerprint density at radius 2 is 1.37 bits per heavy atom. The molecule has 5 atom stereocenters. The van der Waals surface area contributed by atoms with Crippen LogP contribution in [0.15, 0.2) is 42.5 Å². The van der Waals surface area contributed by atoms with Crippen LogP contribution in [0, 0.1) is 40.5 Å². The lowest BCUT2D eigenvalue weighted by Gasteiger charge is -2.43. The van der Waals surface area contributed by atoms with Crippen molar-refractivity contribution < 1.29 is 87.2 Å². The molecule has 0 N–H and O–H groups in total. The van der Waals surface area contributed by atoms with Crippen LogP contribution in [0.2, 0.25) is 5.02 Å². The van der Waals surface area contributed by atoms with Crippen molar-refractivity contribution in [3.05, 3.63) is 93.5 Å². The van der Waals surface area contributed by atoms with Crippen molar-refractivity contribution in [3.63, 3.8) is 0 Å². The summed E-state index contributed by atoms with van der Waals surface area (Å²) in [4.78, 5) is 91.3. The molecule has 0 bridgehead atoms. The minimum absolute atomic E-state index is 0.0266. The van der Waals surface area contributed by atoms with E-state index in [1.807, 2.05) is 18.2 Å². The molecule has 1 saturated carbocycles. The van der Waals surface area contributed by atoms with E-state index in [1.165, 1.54) is 4.90 Å². The van der Waals surface area contributed by atoms with Gasteiger partial charge in [0.1, 0.15) is 55.7 Å². The van der Waals surface area contributed by atoms with E-state index in [9.17, 15) is 50.0 Å². The lowest BCUT2D eigenvalue weighted by molar-refractivity contribution is -0.790. The van der Waals surface area contributed by atoms with Crippen LogP contribution in [0.25, 0.3) is 0 Å². The molecule has 2 aromatic rings. The van der Waals surface area contributed by atoms with Crippen molar-refractivity contribution in [1.82, 2.24) is 4.90 Å². The molecule has 28 nitrogen and oxygen atoms in total. The number of likely N-dealkylation sites (tertiary alicyclic amines) is 1. The fourth-order valence-electron chi connectivity index (χ4n) is 8.37. The fraction of sp³-hybridized carbons (Fsp3) is 0.682. The highest BCUT2D eigenvalue weighted by molar-refractivity contribution is 6.30. The van der Waals surface area contributed by atoms with Gasteiger partial charge < -0.3 is 67.0 Å². The molecule has 2 heterocycles. The van der Waals surface area contributed by atoms with Gasteiger partial charge in [-0.25, -0.2) is 9.59 Å². The van der Waals surface area contributed by atoms with E-state index >= 15 is 0 Å². The Balaban J connectivity index is 1.31. The lowest BCUT2D eigenvalue weighted by atomic mass is 9.93. The first kappa shape index (κ1) is 57.3. The Morgan fingerprint density at radius 1 is 0.753 bits per heavy atom. The summed E-state index contributed by atoms with van der Waals surface area (Å²) in [6.07, 6.45) is -4.14. The number of carbonyl (C=O) groups excluding carboxylic acids is 2. The molecule has 1 amide bonds. The fourth-order valence-corrected chi connectivity index (χ4v) is 8.49. The van der Waals surface area contributed by atoms with E-state index in [-0.39, 0.29) is 83.6 Å². The Hall–Kier alpha value is -6.65. The number of fused-ring (bicyclic) bond motifs is 1. The average molecular weight is 1060 g/mol. The van der Waals surface area contributed by atoms with Crippen LogP contribution in [0.5, 0.6) is 11.5 Å². The third-order valence-electron chi connectivity index (χ3n) is 11.8. The Labute approximate surface area is 423 Å². The smallest absolute Gasteiger partial charge is 0.490 e. The van der Waals surface area contributed by atoms with Gasteiger partial charge in [0.15, 0.2) is 6.10 Å². The summed E-state index contributed by atoms with van der Waals surface area (Å²) in [6.45, 7) is 0.460. The quantitative estimate of drug-likeness (QED) is 0.0344. The number of piperidine rings is 1. The van der Waals surface area contributed by atoms with Crippen molar-refractivity contribution in [2.24, 2.45) is 0 Å². The molecule has 1 saturated heterocycles. The minimum atomic E-state index is -1.25. The van der Waals surface area contributed by atoms with E-state index in [0.29, 0.717) is 62.0 Å². The molecule has 406 valence electrons. The predicted octanol–water partition coefficient (Wildman–Crippen LogP) is 6.12. The molecule has 3 aliphatic rings. The number of hydrogen-bond donors (Lipinski definition) is 0. The zero-order chi connectivity index (χ0) is 52.5. The number of ether oxygens (including phenoxy) is 8. The van der Waals surface area contributed by atoms with Crippen molar-refractivity contribution in [2.75, 3.05) is 77.8 Å². The van der Waals surface area contributed by atoms with Gasteiger partial charge in [-0.3, -0.25) is 0 Å². The Kier molecular flexibility index (Phi) is 23.8. The summed E-state index contributed by atoms with van der Waals surface area (Å²) in [7, 11) is 1.64. The van der Waals surface area contributed by atoms with Gasteiger partial charge in [-0.1, -0.05) is 17.7 Å².